The molecule has 0 amide bonds. The summed E-state index contributed by atoms with van der Waals surface area (Å²) in [6.45, 7) is 5.35. The molecule has 1 N–H and O–H groups in total. The molecule has 0 bridgehead atoms. The first-order valence-corrected chi connectivity index (χ1v) is 6.84. The van der Waals surface area contributed by atoms with Crippen LogP contribution in [0.5, 0.6) is 0 Å². The van der Waals surface area contributed by atoms with Crippen LogP contribution in [0.15, 0.2) is 43.0 Å². The molecule has 0 saturated carbocycles. The first-order valence-electron chi connectivity index (χ1n) is 6.84. The molecule has 0 spiro atoms. The summed E-state index contributed by atoms with van der Waals surface area (Å²) in [5.41, 5.74) is 3.87. The lowest BCUT2D eigenvalue weighted by Crippen LogP contribution is -2.25. The van der Waals surface area contributed by atoms with Crippen molar-refractivity contribution >= 4 is 0 Å². The SMILES string of the molecule is CCCNC(Cc1ccncc1)c1cnccc1C. The first kappa shape index (κ1) is 13.7. The van der Waals surface area contributed by atoms with Crippen LogP contribution in [-0.4, -0.2) is 16.5 Å². The van der Waals surface area contributed by atoms with Gasteiger partial charge in [-0.05, 0) is 61.2 Å². The van der Waals surface area contributed by atoms with Crippen molar-refractivity contribution in [3.8, 4) is 0 Å². The van der Waals surface area contributed by atoms with Gasteiger partial charge in [-0.1, -0.05) is 6.92 Å². The van der Waals surface area contributed by atoms with E-state index in [9.17, 15) is 0 Å². The fourth-order valence-electron chi connectivity index (χ4n) is 2.21. The molecule has 0 fully saturated rings. The quantitative estimate of drug-likeness (QED) is 0.862. The number of nitrogens with zero attached hydrogens (tertiary/aromatic N) is 2. The molecule has 3 nitrogen and oxygen atoms in total. The third kappa shape index (κ3) is 3.86. The molecule has 0 aromatic carbocycles. The molecule has 3 heteroatoms. The monoisotopic (exact) mass is 255 g/mol. The van der Waals surface area contributed by atoms with E-state index in [1.165, 1.54) is 16.7 Å². The minimum Gasteiger partial charge on any atom is -0.310 e. The number of hydrogen-bond acceptors (Lipinski definition) is 3. The molecule has 0 aliphatic rings. The topological polar surface area (TPSA) is 37.8 Å². The number of aryl methyl sites for hydroxylation is 1. The second-order valence-electron chi connectivity index (χ2n) is 4.80. The Balaban J connectivity index is 2.19. The average molecular weight is 255 g/mol. The Morgan fingerprint density at radius 2 is 1.84 bits per heavy atom. The van der Waals surface area contributed by atoms with Crippen molar-refractivity contribution in [1.29, 1.82) is 0 Å². The summed E-state index contributed by atoms with van der Waals surface area (Å²) in [5, 5.41) is 3.61. The molecular weight excluding hydrogens is 234 g/mol. The standard InChI is InChI=1S/C16H21N3/c1-3-7-19-16(11-14-5-9-17-10-6-14)15-12-18-8-4-13(15)2/h4-6,8-10,12,16,19H,3,7,11H2,1-2H3. The summed E-state index contributed by atoms with van der Waals surface area (Å²) in [4.78, 5) is 8.34. The highest BCUT2D eigenvalue weighted by Gasteiger charge is 2.13. The average Bonchev–Trinajstić information content (AvgIpc) is 2.45. The lowest BCUT2D eigenvalue weighted by molar-refractivity contribution is 0.525. The molecular formula is C16H21N3. The summed E-state index contributed by atoms with van der Waals surface area (Å²) in [6, 6.07) is 6.54. The van der Waals surface area contributed by atoms with Gasteiger partial charge in [0.25, 0.3) is 0 Å². The van der Waals surface area contributed by atoms with Gasteiger partial charge in [0.1, 0.15) is 0 Å². The maximum Gasteiger partial charge on any atom is 0.0378 e. The van der Waals surface area contributed by atoms with Gasteiger partial charge in [0, 0.05) is 30.8 Å². The zero-order valence-electron chi connectivity index (χ0n) is 11.6. The van der Waals surface area contributed by atoms with Crippen LogP contribution in [0.2, 0.25) is 0 Å². The highest BCUT2D eigenvalue weighted by molar-refractivity contribution is 5.27. The van der Waals surface area contributed by atoms with Crippen molar-refractivity contribution in [3.63, 3.8) is 0 Å². The van der Waals surface area contributed by atoms with Gasteiger partial charge in [-0.3, -0.25) is 9.97 Å². The van der Waals surface area contributed by atoms with Crippen LogP contribution in [-0.2, 0) is 6.42 Å². The van der Waals surface area contributed by atoms with Gasteiger partial charge in [0.2, 0.25) is 0 Å². The van der Waals surface area contributed by atoms with Crippen LogP contribution >= 0.6 is 0 Å². The fourth-order valence-corrected chi connectivity index (χ4v) is 2.21. The zero-order chi connectivity index (χ0) is 13.5. The smallest absolute Gasteiger partial charge is 0.0378 e. The fraction of sp³-hybridized carbons (Fsp3) is 0.375. The largest absolute Gasteiger partial charge is 0.310 e. The Morgan fingerprint density at radius 1 is 1.11 bits per heavy atom. The number of hydrogen-bond donors (Lipinski definition) is 1. The number of pyridine rings is 2. The van der Waals surface area contributed by atoms with Crippen molar-refractivity contribution in [2.24, 2.45) is 0 Å². The van der Waals surface area contributed by atoms with Gasteiger partial charge in [-0.25, -0.2) is 0 Å². The molecule has 0 aliphatic carbocycles. The molecule has 100 valence electrons. The molecule has 0 aliphatic heterocycles. The van der Waals surface area contributed by atoms with Gasteiger partial charge >= 0.3 is 0 Å². The molecule has 0 radical (unpaired) electrons. The van der Waals surface area contributed by atoms with Crippen molar-refractivity contribution in [3.05, 3.63) is 59.7 Å². The van der Waals surface area contributed by atoms with E-state index in [0.717, 1.165) is 19.4 Å². The van der Waals surface area contributed by atoms with E-state index in [0.29, 0.717) is 6.04 Å². The van der Waals surface area contributed by atoms with Gasteiger partial charge in [0.05, 0.1) is 0 Å². The summed E-state index contributed by atoms with van der Waals surface area (Å²) >= 11 is 0. The highest BCUT2D eigenvalue weighted by atomic mass is 14.9. The van der Waals surface area contributed by atoms with E-state index < -0.39 is 0 Å². The first-order chi connectivity index (χ1) is 9.31. The Labute approximate surface area is 115 Å². The van der Waals surface area contributed by atoms with Crippen molar-refractivity contribution < 1.29 is 0 Å². The predicted octanol–water partition coefficient (Wildman–Crippen LogP) is 3.07. The van der Waals surface area contributed by atoms with Crippen molar-refractivity contribution in [2.75, 3.05) is 6.54 Å². The third-order valence-electron chi connectivity index (χ3n) is 3.28. The zero-order valence-corrected chi connectivity index (χ0v) is 11.6. The van der Waals surface area contributed by atoms with E-state index in [1.54, 1.807) is 0 Å². The van der Waals surface area contributed by atoms with E-state index in [-0.39, 0.29) is 0 Å². The Morgan fingerprint density at radius 3 is 2.53 bits per heavy atom. The Hall–Kier alpha value is -1.74. The molecule has 2 rings (SSSR count). The van der Waals surface area contributed by atoms with Gasteiger partial charge in [-0.15, -0.1) is 0 Å². The van der Waals surface area contributed by atoms with Gasteiger partial charge < -0.3 is 5.32 Å². The number of rotatable bonds is 6. The minimum absolute atomic E-state index is 0.316. The van der Waals surface area contributed by atoms with Gasteiger partial charge in [-0.2, -0.15) is 0 Å². The van der Waals surface area contributed by atoms with Crippen LogP contribution in [0.1, 0.15) is 36.1 Å². The highest BCUT2D eigenvalue weighted by Crippen LogP contribution is 2.20. The Bertz CT molecular complexity index is 496. The van der Waals surface area contributed by atoms with E-state index in [4.69, 9.17) is 0 Å². The van der Waals surface area contributed by atoms with Crippen LogP contribution in [0.4, 0.5) is 0 Å². The Kier molecular flexibility index (Phi) is 5.04. The van der Waals surface area contributed by atoms with Gasteiger partial charge in [0.15, 0.2) is 0 Å². The van der Waals surface area contributed by atoms with Crippen LogP contribution in [0.25, 0.3) is 0 Å². The maximum atomic E-state index is 4.26. The number of aromatic nitrogens is 2. The lowest BCUT2D eigenvalue weighted by Gasteiger charge is -2.20. The molecule has 1 unspecified atom stereocenters. The maximum absolute atomic E-state index is 4.26. The van der Waals surface area contributed by atoms with Crippen molar-refractivity contribution in [1.82, 2.24) is 15.3 Å². The third-order valence-corrected chi connectivity index (χ3v) is 3.28. The lowest BCUT2D eigenvalue weighted by atomic mass is 9.97. The van der Waals surface area contributed by atoms with Crippen LogP contribution in [0, 0.1) is 6.92 Å². The molecule has 19 heavy (non-hydrogen) atoms. The van der Waals surface area contributed by atoms with E-state index in [1.807, 2.05) is 24.8 Å². The van der Waals surface area contributed by atoms with E-state index >= 15 is 0 Å². The minimum atomic E-state index is 0.316. The van der Waals surface area contributed by atoms with Crippen LogP contribution < -0.4 is 5.32 Å². The van der Waals surface area contributed by atoms with Crippen LogP contribution in [0.3, 0.4) is 0 Å². The summed E-state index contributed by atoms with van der Waals surface area (Å²) in [5.74, 6) is 0. The normalized spacial score (nSPS) is 12.3. The van der Waals surface area contributed by atoms with Crippen molar-refractivity contribution in [2.45, 2.75) is 32.7 Å². The summed E-state index contributed by atoms with van der Waals surface area (Å²) in [6.07, 6.45) is 9.62. The molecule has 0 saturated heterocycles. The predicted molar refractivity (Wildman–Crippen MR) is 77.9 cm³/mol. The molecule has 1 atom stereocenters. The summed E-state index contributed by atoms with van der Waals surface area (Å²) in [7, 11) is 0. The summed E-state index contributed by atoms with van der Waals surface area (Å²) < 4.78 is 0. The second kappa shape index (κ2) is 7.00. The molecule has 2 heterocycles. The molecule has 2 aromatic heterocycles. The molecule has 2 aromatic rings. The second-order valence-corrected chi connectivity index (χ2v) is 4.80. The van der Waals surface area contributed by atoms with E-state index in [2.05, 4.69) is 47.3 Å². The number of nitrogens with one attached hydrogen (secondary N) is 1.